The van der Waals surface area contributed by atoms with E-state index in [1.54, 1.807) is 0 Å². The molecule has 14 heavy (non-hydrogen) atoms. The van der Waals surface area contributed by atoms with Gasteiger partial charge < -0.3 is 5.11 Å². The fourth-order valence-corrected chi connectivity index (χ4v) is 1.17. The van der Waals surface area contributed by atoms with E-state index in [1.165, 1.54) is 18.2 Å². The number of rotatable bonds is 3. The topological polar surface area (TPSA) is 37.3 Å². The zero-order valence-electron chi connectivity index (χ0n) is 7.26. The average Bonchev–Trinajstić information content (AvgIpc) is 2.11. The van der Waals surface area contributed by atoms with Crippen molar-refractivity contribution in [3.63, 3.8) is 0 Å². The van der Waals surface area contributed by atoms with E-state index in [2.05, 4.69) is 6.58 Å². The van der Waals surface area contributed by atoms with Crippen LogP contribution in [0.5, 0.6) is 0 Å². The Bertz CT molecular complexity index is 388. The van der Waals surface area contributed by atoms with Crippen molar-refractivity contribution in [3.05, 3.63) is 46.8 Å². The second-order valence-corrected chi connectivity index (χ2v) is 3.24. The molecule has 0 aliphatic carbocycles. The van der Waals surface area contributed by atoms with Gasteiger partial charge in [-0.25, -0.2) is 9.18 Å². The molecule has 0 fully saturated rings. The number of carboxylic acid groups (broad SMARTS) is 1. The third kappa shape index (κ3) is 2.57. The van der Waals surface area contributed by atoms with Gasteiger partial charge in [0.25, 0.3) is 0 Å². The van der Waals surface area contributed by atoms with E-state index in [-0.39, 0.29) is 17.0 Å². The van der Waals surface area contributed by atoms with Crippen LogP contribution in [0, 0.1) is 5.82 Å². The van der Waals surface area contributed by atoms with E-state index in [0.717, 1.165) is 0 Å². The minimum Gasteiger partial charge on any atom is -0.478 e. The lowest BCUT2D eigenvalue weighted by molar-refractivity contribution is -0.132. The summed E-state index contributed by atoms with van der Waals surface area (Å²) in [5.74, 6) is -1.58. The highest BCUT2D eigenvalue weighted by Crippen LogP contribution is 2.17. The van der Waals surface area contributed by atoms with Gasteiger partial charge in [0.2, 0.25) is 0 Å². The summed E-state index contributed by atoms with van der Waals surface area (Å²) in [6.07, 6.45) is 0.162. The van der Waals surface area contributed by atoms with Gasteiger partial charge in [-0.2, -0.15) is 0 Å². The lowest BCUT2D eigenvalue weighted by atomic mass is 10.1. The molecule has 2 nitrogen and oxygen atoms in total. The fourth-order valence-electron chi connectivity index (χ4n) is 0.972. The molecule has 0 heterocycles. The third-order valence-corrected chi connectivity index (χ3v) is 1.99. The minimum atomic E-state index is -1.06. The molecule has 4 heteroatoms. The molecule has 0 radical (unpaired) electrons. The normalized spacial score (nSPS) is 9.86. The predicted octanol–water partition coefficient (Wildman–Crippen LogP) is 2.66. The molecule has 0 atom stereocenters. The van der Waals surface area contributed by atoms with Crippen molar-refractivity contribution in [2.24, 2.45) is 0 Å². The first-order valence-corrected chi connectivity index (χ1v) is 4.23. The van der Waals surface area contributed by atoms with Crippen molar-refractivity contribution in [1.82, 2.24) is 0 Å². The van der Waals surface area contributed by atoms with E-state index < -0.39 is 11.8 Å². The largest absolute Gasteiger partial charge is 0.478 e. The van der Waals surface area contributed by atoms with Gasteiger partial charge in [0.1, 0.15) is 5.82 Å². The van der Waals surface area contributed by atoms with Crippen LogP contribution >= 0.6 is 11.6 Å². The SMILES string of the molecule is C=C(Cc1ccc(F)c(Cl)c1)C(=O)O. The Hall–Kier alpha value is -1.35. The van der Waals surface area contributed by atoms with Gasteiger partial charge in [-0.3, -0.25) is 0 Å². The number of hydrogen-bond acceptors (Lipinski definition) is 1. The van der Waals surface area contributed by atoms with Gasteiger partial charge in [0.05, 0.1) is 5.02 Å². The average molecular weight is 215 g/mol. The molecule has 74 valence electrons. The van der Waals surface area contributed by atoms with Crippen molar-refractivity contribution in [2.75, 3.05) is 0 Å². The molecule has 1 aromatic carbocycles. The number of carboxylic acids is 1. The van der Waals surface area contributed by atoms with E-state index in [0.29, 0.717) is 5.56 Å². The standard InChI is InChI=1S/C10H8ClFO2/c1-6(10(13)14)4-7-2-3-9(12)8(11)5-7/h2-3,5H,1,4H2,(H,13,14). The zero-order valence-corrected chi connectivity index (χ0v) is 8.01. The number of benzene rings is 1. The molecule has 0 saturated carbocycles. The van der Waals surface area contributed by atoms with E-state index >= 15 is 0 Å². The quantitative estimate of drug-likeness (QED) is 0.786. The van der Waals surface area contributed by atoms with E-state index in [1.807, 2.05) is 0 Å². The Morgan fingerprint density at radius 1 is 1.57 bits per heavy atom. The van der Waals surface area contributed by atoms with Crippen LogP contribution in [-0.2, 0) is 11.2 Å². The maximum Gasteiger partial charge on any atom is 0.331 e. The van der Waals surface area contributed by atoms with Gasteiger partial charge in [0, 0.05) is 12.0 Å². The molecule has 1 N–H and O–H groups in total. The highest BCUT2D eigenvalue weighted by Gasteiger charge is 2.06. The number of hydrogen-bond donors (Lipinski definition) is 1. The molecule has 0 saturated heterocycles. The Kier molecular flexibility index (Phi) is 3.25. The summed E-state index contributed by atoms with van der Waals surface area (Å²) in [6, 6.07) is 4.08. The first-order valence-electron chi connectivity index (χ1n) is 3.85. The summed E-state index contributed by atoms with van der Waals surface area (Å²) in [4.78, 5) is 10.4. The molecule has 1 aromatic rings. The van der Waals surface area contributed by atoms with Crippen LogP contribution in [0.1, 0.15) is 5.56 Å². The van der Waals surface area contributed by atoms with Crippen LogP contribution in [-0.4, -0.2) is 11.1 Å². The lowest BCUT2D eigenvalue weighted by Gasteiger charge is -2.02. The maximum absolute atomic E-state index is 12.7. The second kappa shape index (κ2) is 4.24. The van der Waals surface area contributed by atoms with Crippen molar-refractivity contribution >= 4 is 17.6 Å². The number of carbonyl (C=O) groups is 1. The third-order valence-electron chi connectivity index (χ3n) is 1.70. The van der Waals surface area contributed by atoms with Crippen LogP contribution in [0.4, 0.5) is 4.39 Å². The molecule has 1 rings (SSSR count). The van der Waals surface area contributed by atoms with E-state index in [9.17, 15) is 9.18 Å². The number of aliphatic carboxylic acids is 1. The summed E-state index contributed by atoms with van der Waals surface area (Å²) in [6.45, 7) is 3.37. The van der Waals surface area contributed by atoms with Gasteiger partial charge in [-0.1, -0.05) is 24.2 Å². The molecule has 0 amide bonds. The molecular formula is C10H8ClFO2. The van der Waals surface area contributed by atoms with Crippen LogP contribution in [0.15, 0.2) is 30.4 Å². The predicted molar refractivity (Wildman–Crippen MR) is 51.9 cm³/mol. The smallest absolute Gasteiger partial charge is 0.331 e. The first-order chi connectivity index (χ1) is 6.50. The highest BCUT2D eigenvalue weighted by molar-refractivity contribution is 6.30. The molecule has 0 aliphatic heterocycles. The lowest BCUT2D eigenvalue weighted by Crippen LogP contribution is -2.02. The molecule has 0 bridgehead atoms. The summed E-state index contributed by atoms with van der Waals surface area (Å²) in [5, 5.41) is 8.55. The summed E-state index contributed by atoms with van der Waals surface area (Å²) < 4.78 is 12.7. The highest BCUT2D eigenvalue weighted by atomic mass is 35.5. The van der Waals surface area contributed by atoms with Gasteiger partial charge in [-0.05, 0) is 17.7 Å². The molecular weight excluding hydrogens is 207 g/mol. The molecule has 0 aromatic heterocycles. The molecule has 0 unspecified atom stereocenters. The minimum absolute atomic E-state index is 0.0133. The van der Waals surface area contributed by atoms with Crippen LogP contribution in [0.2, 0.25) is 5.02 Å². The van der Waals surface area contributed by atoms with E-state index in [4.69, 9.17) is 16.7 Å². The van der Waals surface area contributed by atoms with Crippen LogP contribution in [0.25, 0.3) is 0 Å². The zero-order chi connectivity index (χ0) is 10.7. The monoisotopic (exact) mass is 214 g/mol. The molecule has 0 spiro atoms. The van der Waals surface area contributed by atoms with Crippen LogP contribution in [0.3, 0.4) is 0 Å². The Morgan fingerprint density at radius 2 is 2.21 bits per heavy atom. The first kappa shape index (κ1) is 10.7. The summed E-state index contributed by atoms with van der Waals surface area (Å²) in [5.41, 5.74) is 0.677. The maximum atomic E-state index is 12.7. The van der Waals surface area contributed by atoms with Crippen molar-refractivity contribution in [3.8, 4) is 0 Å². The Morgan fingerprint density at radius 3 is 2.71 bits per heavy atom. The van der Waals surface area contributed by atoms with Gasteiger partial charge in [0.15, 0.2) is 0 Å². The van der Waals surface area contributed by atoms with Crippen molar-refractivity contribution in [2.45, 2.75) is 6.42 Å². The molecule has 0 aliphatic rings. The number of halogens is 2. The fraction of sp³-hybridized carbons (Fsp3) is 0.100. The Labute approximate surface area is 85.6 Å². The van der Waals surface area contributed by atoms with Gasteiger partial charge in [-0.15, -0.1) is 0 Å². The Balaban J connectivity index is 2.83. The van der Waals surface area contributed by atoms with Crippen molar-refractivity contribution < 1.29 is 14.3 Å². The second-order valence-electron chi connectivity index (χ2n) is 2.83. The summed E-state index contributed by atoms with van der Waals surface area (Å²) >= 11 is 5.52. The van der Waals surface area contributed by atoms with Crippen molar-refractivity contribution in [1.29, 1.82) is 0 Å². The summed E-state index contributed by atoms with van der Waals surface area (Å²) in [7, 11) is 0. The van der Waals surface area contributed by atoms with Crippen LogP contribution < -0.4 is 0 Å². The van der Waals surface area contributed by atoms with Gasteiger partial charge >= 0.3 is 5.97 Å².